The van der Waals surface area contributed by atoms with Crippen LogP contribution in [0.4, 0.5) is 0 Å². The highest BCUT2D eigenvalue weighted by atomic mass is 32.2. The van der Waals surface area contributed by atoms with Crippen molar-refractivity contribution < 1.29 is 14.3 Å². The summed E-state index contributed by atoms with van der Waals surface area (Å²) in [6.45, 7) is 0.560. The van der Waals surface area contributed by atoms with Gasteiger partial charge >= 0.3 is 5.97 Å². The number of esters is 1. The van der Waals surface area contributed by atoms with Gasteiger partial charge in [-0.25, -0.2) is 4.79 Å². The van der Waals surface area contributed by atoms with Gasteiger partial charge in [-0.15, -0.1) is 0 Å². The second kappa shape index (κ2) is 11.9. The van der Waals surface area contributed by atoms with Crippen LogP contribution < -0.4 is 0 Å². The third-order valence-electron chi connectivity index (χ3n) is 6.34. The van der Waals surface area contributed by atoms with Crippen LogP contribution in [0.5, 0.6) is 0 Å². The molecule has 2 atom stereocenters. The molecule has 2 unspecified atom stereocenters. The molecule has 1 saturated heterocycles. The molecule has 3 aromatic rings. The molecule has 4 rings (SSSR count). The van der Waals surface area contributed by atoms with Gasteiger partial charge in [0, 0.05) is 11.8 Å². The van der Waals surface area contributed by atoms with Gasteiger partial charge in [-0.05, 0) is 41.7 Å². The van der Waals surface area contributed by atoms with Crippen molar-refractivity contribution >= 4 is 23.6 Å². The molecule has 0 bridgehead atoms. The van der Waals surface area contributed by atoms with E-state index in [0.717, 1.165) is 29.7 Å². The monoisotopic (exact) mass is 473 g/mol. The van der Waals surface area contributed by atoms with Crippen LogP contribution in [0, 0.1) is 0 Å². The number of thioether (sulfide) groups is 1. The van der Waals surface area contributed by atoms with E-state index in [1.165, 1.54) is 12.7 Å². The molecule has 34 heavy (non-hydrogen) atoms. The summed E-state index contributed by atoms with van der Waals surface area (Å²) in [5.74, 6) is 0.174. The second-order valence-corrected chi connectivity index (χ2v) is 10.0. The summed E-state index contributed by atoms with van der Waals surface area (Å²) in [4.78, 5) is 28.4. The highest BCUT2D eigenvalue weighted by molar-refractivity contribution is 7.99. The first kappa shape index (κ1) is 24.1. The molecule has 1 heterocycles. The molecule has 0 radical (unpaired) electrons. The van der Waals surface area contributed by atoms with E-state index >= 15 is 0 Å². The number of carbonyl (C=O) groups excluding carboxylic acids is 2. The summed E-state index contributed by atoms with van der Waals surface area (Å²) in [6.07, 6.45) is 2.73. The van der Waals surface area contributed by atoms with Crippen LogP contribution >= 0.6 is 11.8 Å². The molecule has 0 spiro atoms. The molecule has 0 N–H and O–H groups in total. The number of hydrogen-bond acceptors (Lipinski definition) is 4. The second-order valence-electron chi connectivity index (χ2n) is 8.60. The Balaban J connectivity index is 1.48. The fraction of sp³-hybridized carbons (Fsp3) is 0.310. The van der Waals surface area contributed by atoms with E-state index in [0.29, 0.717) is 13.0 Å². The lowest BCUT2D eigenvalue weighted by atomic mass is 9.90. The quantitative estimate of drug-likeness (QED) is 0.311. The lowest BCUT2D eigenvalue weighted by Gasteiger charge is -2.28. The maximum atomic E-state index is 13.9. The van der Waals surface area contributed by atoms with Crippen molar-refractivity contribution in [3.8, 4) is 0 Å². The van der Waals surface area contributed by atoms with Gasteiger partial charge in [-0.3, -0.25) is 4.79 Å². The smallest absolute Gasteiger partial charge is 0.328 e. The van der Waals surface area contributed by atoms with Crippen LogP contribution in [-0.2, 0) is 20.7 Å². The zero-order valence-electron chi connectivity index (χ0n) is 19.5. The van der Waals surface area contributed by atoms with Gasteiger partial charge < -0.3 is 9.64 Å². The van der Waals surface area contributed by atoms with Crippen molar-refractivity contribution in [2.24, 2.45) is 0 Å². The van der Waals surface area contributed by atoms with Gasteiger partial charge in [0.15, 0.2) is 0 Å². The fourth-order valence-corrected chi connectivity index (χ4v) is 5.86. The number of aryl methyl sites for hydroxylation is 1. The molecule has 1 aliphatic heterocycles. The van der Waals surface area contributed by atoms with Crippen molar-refractivity contribution in [2.75, 3.05) is 19.4 Å². The van der Waals surface area contributed by atoms with Crippen molar-refractivity contribution in [3.63, 3.8) is 0 Å². The Morgan fingerprint density at radius 3 is 2.03 bits per heavy atom. The predicted octanol–water partition coefficient (Wildman–Crippen LogP) is 5.33. The number of methoxy groups -OCH3 is 1. The first-order valence-corrected chi connectivity index (χ1v) is 12.9. The maximum absolute atomic E-state index is 13.9. The summed E-state index contributed by atoms with van der Waals surface area (Å²) in [5.41, 5.74) is 3.20. The van der Waals surface area contributed by atoms with Crippen LogP contribution in [0.15, 0.2) is 91.0 Å². The van der Waals surface area contributed by atoms with E-state index in [9.17, 15) is 9.59 Å². The molecular formula is C29H31NO3S. The molecule has 176 valence electrons. The molecule has 1 aliphatic rings. The number of carbonyl (C=O) groups is 2. The molecule has 0 saturated carbocycles. The molecule has 0 aromatic heterocycles. The number of likely N-dealkylation sites (tertiary alicyclic amines) is 1. The Hall–Kier alpha value is -3.05. The summed E-state index contributed by atoms with van der Waals surface area (Å²) in [6, 6.07) is 29.6. The molecular weight excluding hydrogens is 442 g/mol. The summed E-state index contributed by atoms with van der Waals surface area (Å²) in [5, 5.41) is 0.219. The van der Waals surface area contributed by atoms with E-state index < -0.39 is 12.0 Å². The lowest BCUT2D eigenvalue weighted by Crippen LogP contribution is -2.43. The van der Waals surface area contributed by atoms with Crippen LogP contribution in [0.1, 0.15) is 35.4 Å². The number of amides is 1. The van der Waals surface area contributed by atoms with E-state index in [2.05, 4.69) is 24.3 Å². The molecule has 4 nitrogen and oxygen atoms in total. The van der Waals surface area contributed by atoms with Crippen LogP contribution in [-0.4, -0.2) is 47.5 Å². The minimum atomic E-state index is -0.543. The fourth-order valence-electron chi connectivity index (χ4n) is 4.63. The van der Waals surface area contributed by atoms with Crippen molar-refractivity contribution in [1.82, 2.24) is 4.90 Å². The SMILES string of the molecule is COC(=O)C1CC(SCCCc2ccccc2)CN1C(=O)C(c1ccccc1)c1ccccc1. The zero-order chi connectivity index (χ0) is 23.8. The highest BCUT2D eigenvalue weighted by Gasteiger charge is 2.43. The average molecular weight is 474 g/mol. The average Bonchev–Trinajstić information content (AvgIpc) is 3.32. The number of rotatable bonds is 9. The third kappa shape index (κ3) is 5.89. The van der Waals surface area contributed by atoms with E-state index in [-0.39, 0.29) is 17.1 Å². The van der Waals surface area contributed by atoms with Crippen LogP contribution in [0.3, 0.4) is 0 Å². The van der Waals surface area contributed by atoms with Gasteiger partial charge in [-0.1, -0.05) is 91.0 Å². The van der Waals surface area contributed by atoms with E-state index in [1.807, 2.05) is 78.5 Å². The maximum Gasteiger partial charge on any atom is 0.328 e. The molecule has 1 amide bonds. The number of ether oxygens (including phenoxy) is 1. The Kier molecular flexibility index (Phi) is 8.42. The Morgan fingerprint density at radius 2 is 1.47 bits per heavy atom. The first-order chi connectivity index (χ1) is 16.7. The van der Waals surface area contributed by atoms with Gasteiger partial charge in [0.25, 0.3) is 0 Å². The summed E-state index contributed by atoms with van der Waals surface area (Å²) in [7, 11) is 1.40. The summed E-state index contributed by atoms with van der Waals surface area (Å²) < 4.78 is 5.10. The number of nitrogens with zero attached hydrogens (tertiary/aromatic N) is 1. The minimum Gasteiger partial charge on any atom is -0.467 e. The Bertz CT molecular complexity index is 1020. The standard InChI is InChI=1S/C29H31NO3S/c1-33-29(32)26-20-25(34-19-11-14-22-12-5-2-6-13-22)21-30(26)28(31)27(23-15-7-3-8-16-23)24-17-9-4-10-18-24/h2-10,12-13,15-18,25-27H,11,14,19-21H2,1H3. The van der Waals surface area contributed by atoms with Crippen LogP contribution in [0.25, 0.3) is 0 Å². The Morgan fingerprint density at radius 1 is 0.912 bits per heavy atom. The molecule has 0 aliphatic carbocycles. The molecule has 5 heteroatoms. The largest absolute Gasteiger partial charge is 0.467 e. The van der Waals surface area contributed by atoms with Gasteiger partial charge in [0.05, 0.1) is 13.0 Å². The van der Waals surface area contributed by atoms with Gasteiger partial charge in [0.1, 0.15) is 6.04 Å². The van der Waals surface area contributed by atoms with Crippen molar-refractivity contribution in [3.05, 3.63) is 108 Å². The topological polar surface area (TPSA) is 46.6 Å². The summed E-state index contributed by atoms with van der Waals surface area (Å²) >= 11 is 1.86. The number of benzene rings is 3. The van der Waals surface area contributed by atoms with E-state index in [4.69, 9.17) is 4.74 Å². The van der Waals surface area contributed by atoms with Gasteiger partial charge in [0.2, 0.25) is 5.91 Å². The lowest BCUT2D eigenvalue weighted by molar-refractivity contribution is -0.151. The normalized spacial score (nSPS) is 17.6. The van der Waals surface area contributed by atoms with Crippen molar-refractivity contribution in [2.45, 2.75) is 36.5 Å². The Labute approximate surface area is 206 Å². The minimum absolute atomic E-state index is 0.0415. The number of hydrogen-bond donors (Lipinski definition) is 0. The first-order valence-electron chi connectivity index (χ1n) is 11.8. The highest BCUT2D eigenvalue weighted by Crippen LogP contribution is 2.34. The zero-order valence-corrected chi connectivity index (χ0v) is 20.3. The van der Waals surface area contributed by atoms with Crippen LogP contribution in [0.2, 0.25) is 0 Å². The predicted molar refractivity (Wildman–Crippen MR) is 138 cm³/mol. The third-order valence-corrected chi connectivity index (χ3v) is 7.68. The van der Waals surface area contributed by atoms with E-state index in [1.54, 1.807) is 4.90 Å². The molecule has 1 fully saturated rings. The van der Waals surface area contributed by atoms with Crippen molar-refractivity contribution in [1.29, 1.82) is 0 Å². The molecule has 3 aromatic carbocycles. The van der Waals surface area contributed by atoms with Gasteiger partial charge in [-0.2, -0.15) is 11.8 Å².